The molecule has 0 radical (unpaired) electrons. The number of anilines is 1. The molecular formula is C16H21NO3. The lowest BCUT2D eigenvalue weighted by Crippen LogP contribution is -2.36. The third-order valence-electron chi connectivity index (χ3n) is 4.15. The Kier molecular flexibility index (Phi) is 4.12. The minimum absolute atomic E-state index is 0.0904. The zero-order valence-corrected chi connectivity index (χ0v) is 12.2. The van der Waals surface area contributed by atoms with Crippen molar-refractivity contribution in [3.63, 3.8) is 0 Å². The predicted octanol–water partition coefficient (Wildman–Crippen LogP) is 2.70. The molecular weight excluding hydrogens is 254 g/mol. The third kappa shape index (κ3) is 2.84. The minimum atomic E-state index is -0.856. The number of carbonyl (C=O) groups excluding carboxylic acids is 1. The van der Waals surface area contributed by atoms with Crippen LogP contribution in [0.25, 0.3) is 0 Å². The van der Waals surface area contributed by atoms with Gasteiger partial charge in [0.05, 0.1) is 11.8 Å². The Hall–Kier alpha value is -1.84. The van der Waals surface area contributed by atoms with E-state index in [1.165, 1.54) is 0 Å². The number of nitrogens with zero attached hydrogens (tertiary/aromatic N) is 1. The van der Waals surface area contributed by atoms with Crippen LogP contribution in [0.1, 0.15) is 25.3 Å². The molecule has 0 heterocycles. The predicted molar refractivity (Wildman–Crippen MR) is 77.6 cm³/mol. The Balaban J connectivity index is 2.20. The molecule has 0 saturated heterocycles. The topological polar surface area (TPSA) is 57.6 Å². The molecule has 1 aliphatic rings. The molecule has 1 saturated carbocycles. The van der Waals surface area contributed by atoms with Gasteiger partial charge in [0.15, 0.2) is 0 Å². The maximum absolute atomic E-state index is 12.6. The summed E-state index contributed by atoms with van der Waals surface area (Å²) in [5.41, 5.74) is 1.90. The van der Waals surface area contributed by atoms with E-state index in [0.29, 0.717) is 12.8 Å². The van der Waals surface area contributed by atoms with Crippen LogP contribution < -0.4 is 4.90 Å². The van der Waals surface area contributed by atoms with Gasteiger partial charge in [-0.15, -0.1) is 0 Å². The van der Waals surface area contributed by atoms with Crippen LogP contribution in [0, 0.1) is 24.7 Å². The van der Waals surface area contributed by atoms with Crippen LogP contribution >= 0.6 is 0 Å². The molecule has 1 N–H and O–H groups in total. The summed E-state index contributed by atoms with van der Waals surface area (Å²) >= 11 is 0. The van der Waals surface area contributed by atoms with Crippen molar-refractivity contribution in [1.29, 1.82) is 0 Å². The number of aliphatic carboxylic acids is 1. The number of hydrogen-bond acceptors (Lipinski definition) is 2. The maximum Gasteiger partial charge on any atom is 0.307 e. The third-order valence-corrected chi connectivity index (χ3v) is 4.15. The Morgan fingerprint density at radius 2 is 1.90 bits per heavy atom. The first-order chi connectivity index (χ1) is 9.40. The second-order valence-corrected chi connectivity index (χ2v) is 5.86. The number of carboxylic acid groups (broad SMARTS) is 1. The van der Waals surface area contributed by atoms with Crippen LogP contribution in [-0.4, -0.2) is 24.0 Å². The fourth-order valence-electron chi connectivity index (χ4n) is 3.05. The van der Waals surface area contributed by atoms with E-state index in [9.17, 15) is 14.7 Å². The van der Waals surface area contributed by atoms with Crippen molar-refractivity contribution >= 4 is 17.6 Å². The van der Waals surface area contributed by atoms with E-state index in [1.807, 2.05) is 38.1 Å². The number of hydrogen-bond donors (Lipinski definition) is 1. The van der Waals surface area contributed by atoms with Crippen LogP contribution in [0.2, 0.25) is 0 Å². The zero-order chi connectivity index (χ0) is 14.9. The largest absolute Gasteiger partial charge is 0.481 e. The van der Waals surface area contributed by atoms with E-state index in [1.54, 1.807) is 11.9 Å². The van der Waals surface area contributed by atoms with Gasteiger partial charge in [0.1, 0.15) is 0 Å². The number of aryl methyl sites for hydroxylation is 1. The number of carbonyl (C=O) groups is 2. The normalized spacial score (nSPS) is 25.4. The lowest BCUT2D eigenvalue weighted by Gasteiger charge is -2.23. The molecule has 0 aromatic heterocycles. The smallest absolute Gasteiger partial charge is 0.307 e. The van der Waals surface area contributed by atoms with Gasteiger partial charge >= 0.3 is 5.97 Å². The first-order valence-corrected chi connectivity index (χ1v) is 6.97. The lowest BCUT2D eigenvalue weighted by molar-refractivity contribution is -0.145. The van der Waals surface area contributed by atoms with Gasteiger partial charge in [-0.25, -0.2) is 0 Å². The summed E-state index contributed by atoms with van der Waals surface area (Å²) < 4.78 is 0. The monoisotopic (exact) mass is 275 g/mol. The molecule has 1 amide bonds. The van der Waals surface area contributed by atoms with E-state index in [-0.39, 0.29) is 11.8 Å². The van der Waals surface area contributed by atoms with Crippen molar-refractivity contribution in [3.8, 4) is 0 Å². The highest BCUT2D eigenvalue weighted by Gasteiger charge is 2.42. The molecule has 1 fully saturated rings. The second kappa shape index (κ2) is 5.65. The fourth-order valence-corrected chi connectivity index (χ4v) is 3.05. The van der Waals surface area contributed by atoms with Gasteiger partial charge in [-0.1, -0.05) is 19.1 Å². The molecule has 4 nitrogen and oxygen atoms in total. The van der Waals surface area contributed by atoms with Crippen molar-refractivity contribution in [1.82, 2.24) is 0 Å². The van der Waals surface area contributed by atoms with Crippen molar-refractivity contribution in [2.24, 2.45) is 17.8 Å². The van der Waals surface area contributed by atoms with Crippen molar-refractivity contribution < 1.29 is 14.7 Å². The van der Waals surface area contributed by atoms with Crippen LogP contribution in [0.3, 0.4) is 0 Å². The summed E-state index contributed by atoms with van der Waals surface area (Å²) in [6, 6.07) is 7.69. The standard InChI is InChI=1S/C16H21NO3/c1-10-5-4-6-12(7-10)17(3)15(18)13-8-11(2)9-14(13)16(19)20/h4-7,11,13-14H,8-9H2,1-3H3,(H,19,20)/t11?,13-,14+/m0/s1. The minimum Gasteiger partial charge on any atom is -0.481 e. The Morgan fingerprint density at radius 1 is 1.25 bits per heavy atom. The summed E-state index contributed by atoms with van der Waals surface area (Å²) in [4.78, 5) is 25.5. The Morgan fingerprint density at radius 3 is 2.50 bits per heavy atom. The van der Waals surface area contributed by atoms with E-state index in [2.05, 4.69) is 0 Å². The molecule has 1 aliphatic carbocycles. The molecule has 0 aliphatic heterocycles. The summed E-state index contributed by atoms with van der Waals surface area (Å²) in [6.45, 7) is 3.98. The van der Waals surface area contributed by atoms with Crippen LogP contribution in [0.4, 0.5) is 5.69 Å². The molecule has 0 bridgehead atoms. The highest BCUT2D eigenvalue weighted by molar-refractivity contribution is 5.97. The van der Waals surface area contributed by atoms with E-state index in [0.717, 1.165) is 11.3 Å². The maximum atomic E-state index is 12.6. The van der Waals surface area contributed by atoms with Crippen LogP contribution in [0.5, 0.6) is 0 Å². The van der Waals surface area contributed by atoms with Gasteiger partial charge < -0.3 is 10.0 Å². The molecule has 2 rings (SSSR count). The Labute approximate surface area is 119 Å². The number of carboxylic acids is 1. The van der Waals surface area contributed by atoms with Crippen LogP contribution in [0.15, 0.2) is 24.3 Å². The van der Waals surface area contributed by atoms with E-state index < -0.39 is 17.8 Å². The Bertz CT molecular complexity index is 526. The average Bonchev–Trinajstić information content (AvgIpc) is 2.79. The highest BCUT2D eigenvalue weighted by atomic mass is 16.4. The molecule has 20 heavy (non-hydrogen) atoms. The number of rotatable bonds is 3. The summed E-state index contributed by atoms with van der Waals surface area (Å²) in [7, 11) is 1.72. The quantitative estimate of drug-likeness (QED) is 0.922. The van der Waals surface area contributed by atoms with Crippen molar-refractivity contribution in [2.75, 3.05) is 11.9 Å². The molecule has 1 aromatic carbocycles. The SMILES string of the molecule is Cc1cccc(N(C)C(=O)[C@H]2CC(C)C[C@H]2C(=O)O)c1. The number of benzene rings is 1. The zero-order valence-electron chi connectivity index (χ0n) is 12.2. The summed E-state index contributed by atoms with van der Waals surface area (Å²) in [6.07, 6.45) is 1.25. The summed E-state index contributed by atoms with van der Waals surface area (Å²) in [5, 5.41) is 9.28. The van der Waals surface area contributed by atoms with Crippen molar-refractivity contribution in [3.05, 3.63) is 29.8 Å². The second-order valence-electron chi connectivity index (χ2n) is 5.86. The first kappa shape index (κ1) is 14.6. The van der Waals surface area contributed by atoms with Gasteiger partial charge in [0.25, 0.3) is 0 Å². The molecule has 108 valence electrons. The average molecular weight is 275 g/mol. The van der Waals surface area contributed by atoms with Crippen LogP contribution in [-0.2, 0) is 9.59 Å². The molecule has 4 heteroatoms. The number of amides is 1. The molecule has 1 unspecified atom stereocenters. The van der Waals surface area contributed by atoms with Gasteiger partial charge in [0, 0.05) is 12.7 Å². The van der Waals surface area contributed by atoms with E-state index in [4.69, 9.17) is 0 Å². The van der Waals surface area contributed by atoms with Crippen molar-refractivity contribution in [2.45, 2.75) is 26.7 Å². The van der Waals surface area contributed by atoms with Gasteiger partial charge in [-0.2, -0.15) is 0 Å². The van der Waals surface area contributed by atoms with Gasteiger partial charge in [-0.05, 0) is 43.4 Å². The van der Waals surface area contributed by atoms with E-state index >= 15 is 0 Å². The summed E-state index contributed by atoms with van der Waals surface area (Å²) in [5.74, 6) is -1.62. The fraction of sp³-hybridized carbons (Fsp3) is 0.500. The molecule has 3 atom stereocenters. The molecule has 0 spiro atoms. The van der Waals surface area contributed by atoms with Gasteiger partial charge in [-0.3, -0.25) is 9.59 Å². The van der Waals surface area contributed by atoms with Gasteiger partial charge in [0.2, 0.25) is 5.91 Å². The lowest BCUT2D eigenvalue weighted by atomic mass is 9.94. The first-order valence-electron chi connectivity index (χ1n) is 6.97. The highest BCUT2D eigenvalue weighted by Crippen LogP contribution is 2.38. The molecule has 1 aromatic rings.